The quantitative estimate of drug-likeness (QED) is 0.758. The van der Waals surface area contributed by atoms with Crippen molar-refractivity contribution in [2.45, 2.75) is 46.5 Å². The van der Waals surface area contributed by atoms with E-state index >= 15 is 0 Å². The van der Waals surface area contributed by atoms with Crippen molar-refractivity contribution in [3.8, 4) is 0 Å². The van der Waals surface area contributed by atoms with Crippen LogP contribution in [0.3, 0.4) is 0 Å². The predicted octanol–water partition coefficient (Wildman–Crippen LogP) is 4.31. The molecule has 0 atom stereocenters. The summed E-state index contributed by atoms with van der Waals surface area (Å²) in [6.45, 7) is 6.62. The number of rotatable bonds is 4. The zero-order chi connectivity index (χ0) is 12.3. The molecule has 1 nitrogen and oxygen atoms in total. The number of fused-ring (bicyclic) bond motifs is 1. The topological polar surface area (TPSA) is 12.9 Å². The van der Waals surface area contributed by atoms with E-state index in [0.29, 0.717) is 0 Å². The van der Waals surface area contributed by atoms with Crippen LogP contribution in [-0.2, 0) is 19.3 Å². The molecule has 2 aromatic rings. The van der Waals surface area contributed by atoms with Crippen molar-refractivity contribution in [3.05, 3.63) is 41.1 Å². The van der Waals surface area contributed by atoms with Crippen LogP contribution in [0.1, 0.15) is 44.0 Å². The van der Waals surface area contributed by atoms with Gasteiger partial charge in [-0.2, -0.15) is 0 Å². The maximum absolute atomic E-state index is 4.81. The van der Waals surface area contributed by atoms with Crippen molar-refractivity contribution in [2.75, 3.05) is 0 Å². The molecule has 0 saturated carbocycles. The zero-order valence-corrected chi connectivity index (χ0v) is 11.1. The third-order valence-electron chi connectivity index (χ3n) is 3.32. The lowest BCUT2D eigenvalue weighted by Crippen LogP contribution is -1.98. The Bertz CT molecular complexity index is 514. The minimum Gasteiger partial charge on any atom is -0.253 e. The van der Waals surface area contributed by atoms with E-state index in [1.165, 1.54) is 28.6 Å². The molecule has 1 aromatic heterocycles. The lowest BCUT2D eigenvalue weighted by atomic mass is 10.0. The van der Waals surface area contributed by atoms with Gasteiger partial charge >= 0.3 is 0 Å². The third-order valence-corrected chi connectivity index (χ3v) is 3.32. The summed E-state index contributed by atoms with van der Waals surface area (Å²) in [5, 5.41) is 1.29. The van der Waals surface area contributed by atoms with Gasteiger partial charge in [0.15, 0.2) is 0 Å². The summed E-state index contributed by atoms with van der Waals surface area (Å²) >= 11 is 0. The monoisotopic (exact) mass is 227 g/mol. The summed E-state index contributed by atoms with van der Waals surface area (Å²) in [7, 11) is 0. The fraction of sp³-hybridized carbons (Fsp3) is 0.438. The van der Waals surface area contributed by atoms with Gasteiger partial charge in [-0.3, -0.25) is 4.98 Å². The second-order valence-electron chi connectivity index (χ2n) is 4.58. The highest BCUT2D eigenvalue weighted by molar-refractivity contribution is 5.80. The molecule has 0 saturated heterocycles. The van der Waals surface area contributed by atoms with Crippen LogP contribution in [-0.4, -0.2) is 4.98 Å². The molecule has 0 radical (unpaired) electrons. The average Bonchev–Trinajstić information content (AvgIpc) is 2.37. The standard InChI is InChI=1S/C16H21N/c1-4-7-15-13(6-3)11-14-10-12(5-2)8-9-16(14)17-15/h8-11H,4-7H2,1-3H3. The molecule has 0 fully saturated rings. The van der Waals surface area contributed by atoms with Gasteiger partial charge in [0.25, 0.3) is 0 Å². The second kappa shape index (κ2) is 5.31. The normalized spacial score (nSPS) is 11.0. The molecule has 0 aliphatic rings. The van der Waals surface area contributed by atoms with Gasteiger partial charge in [0.05, 0.1) is 5.52 Å². The Morgan fingerprint density at radius 1 is 1.00 bits per heavy atom. The average molecular weight is 227 g/mol. The van der Waals surface area contributed by atoms with Gasteiger partial charge in [-0.05, 0) is 48.6 Å². The Kier molecular flexibility index (Phi) is 3.78. The molecule has 2 rings (SSSR count). The number of pyridine rings is 1. The first-order chi connectivity index (χ1) is 8.28. The van der Waals surface area contributed by atoms with E-state index < -0.39 is 0 Å². The number of aromatic nitrogens is 1. The number of hydrogen-bond acceptors (Lipinski definition) is 1. The summed E-state index contributed by atoms with van der Waals surface area (Å²) in [5.74, 6) is 0. The largest absolute Gasteiger partial charge is 0.253 e. The summed E-state index contributed by atoms with van der Waals surface area (Å²) in [5.41, 5.74) is 5.23. The van der Waals surface area contributed by atoms with E-state index in [2.05, 4.69) is 45.0 Å². The van der Waals surface area contributed by atoms with Gasteiger partial charge in [0, 0.05) is 11.1 Å². The van der Waals surface area contributed by atoms with Crippen LogP contribution in [0.5, 0.6) is 0 Å². The Hall–Kier alpha value is -1.37. The van der Waals surface area contributed by atoms with E-state index in [1.54, 1.807) is 0 Å². The number of aryl methyl sites for hydroxylation is 3. The van der Waals surface area contributed by atoms with Gasteiger partial charge in [-0.15, -0.1) is 0 Å². The first-order valence-corrected chi connectivity index (χ1v) is 6.69. The molecule has 0 bridgehead atoms. The summed E-state index contributed by atoms with van der Waals surface area (Å²) in [6.07, 6.45) is 4.43. The van der Waals surface area contributed by atoms with E-state index in [9.17, 15) is 0 Å². The highest BCUT2D eigenvalue weighted by atomic mass is 14.7. The van der Waals surface area contributed by atoms with Gasteiger partial charge in [0.2, 0.25) is 0 Å². The SMILES string of the molecule is CCCc1nc2ccc(CC)cc2cc1CC. The minimum atomic E-state index is 1.08. The van der Waals surface area contributed by atoms with E-state index in [1.807, 2.05) is 0 Å². The van der Waals surface area contributed by atoms with Gasteiger partial charge < -0.3 is 0 Å². The molecule has 0 N–H and O–H groups in total. The molecule has 0 aliphatic heterocycles. The molecular weight excluding hydrogens is 206 g/mol. The molecule has 17 heavy (non-hydrogen) atoms. The van der Waals surface area contributed by atoms with Crippen LogP contribution in [0.4, 0.5) is 0 Å². The third kappa shape index (κ3) is 2.49. The maximum atomic E-state index is 4.81. The summed E-state index contributed by atoms with van der Waals surface area (Å²) in [6, 6.07) is 8.95. The highest BCUT2D eigenvalue weighted by Crippen LogP contribution is 2.20. The molecule has 90 valence electrons. The van der Waals surface area contributed by atoms with E-state index in [4.69, 9.17) is 4.98 Å². The number of hydrogen-bond donors (Lipinski definition) is 0. The minimum absolute atomic E-state index is 1.08. The van der Waals surface area contributed by atoms with Gasteiger partial charge in [-0.25, -0.2) is 0 Å². The smallest absolute Gasteiger partial charge is 0.0705 e. The van der Waals surface area contributed by atoms with Crippen LogP contribution in [0.15, 0.2) is 24.3 Å². The molecule has 1 heterocycles. The summed E-state index contributed by atoms with van der Waals surface area (Å²) in [4.78, 5) is 4.81. The molecule has 0 spiro atoms. The Labute approximate surface area is 104 Å². The Morgan fingerprint density at radius 3 is 2.47 bits per heavy atom. The maximum Gasteiger partial charge on any atom is 0.0705 e. The van der Waals surface area contributed by atoms with Crippen LogP contribution in [0.2, 0.25) is 0 Å². The highest BCUT2D eigenvalue weighted by Gasteiger charge is 2.05. The van der Waals surface area contributed by atoms with Crippen molar-refractivity contribution < 1.29 is 0 Å². The lowest BCUT2D eigenvalue weighted by Gasteiger charge is -2.09. The van der Waals surface area contributed by atoms with E-state index in [0.717, 1.165) is 24.8 Å². The zero-order valence-electron chi connectivity index (χ0n) is 11.1. The number of benzene rings is 1. The first-order valence-electron chi connectivity index (χ1n) is 6.69. The predicted molar refractivity (Wildman–Crippen MR) is 74.5 cm³/mol. The molecular formula is C16H21N. The van der Waals surface area contributed by atoms with Crippen LogP contribution in [0.25, 0.3) is 10.9 Å². The molecule has 0 aliphatic carbocycles. The fourth-order valence-electron chi connectivity index (χ4n) is 2.29. The first kappa shape index (κ1) is 12.1. The Balaban J connectivity index is 2.56. The van der Waals surface area contributed by atoms with Crippen molar-refractivity contribution >= 4 is 10.9 Å². The van der Waals surface area contributed by atoms with Gasteiger partial charge in [-0.1, -0.05) is 33.3 Å². The second-order valence-corrected chi connectivity index (χ2v) is 4.58. The summed E-state index contributed by atoms with van der Waals surface area (Å²) < 4.78 is 0. The molecule has 0 amide bonds. The van der Waals surface area contributed by atoms with Crippen molar-refractivity contribution in [2.24, 2.45) is 0 Å². The van der Waals surface area contributed by atoms with Gasteiger partial charge in [0.1, 0.15) is 0 Å². The number of nitrogens with zero attached hydrogens (tertiary/aromatic N) is 1. The Morgan fingerprint density at radius 2 is 1.82 bits per heavy atom. The van der Waals surface area contributed by atoms with Crippen LogP contribution < -0.4 is 0 Å². The van der Waals surface area contributed by atoms with E-state index in [-0.39, 0.29) is 0 Å². The molecule has 1 heteroatoms. The fourth-order valence-corrected chi connectivity index (χ4v) is 2.29. The van der Waals surface area contributed by atoms with Crippen molar-refractivity contribution in [1.29, 1.82) is 0 Å². The van der Waals surface area contributed by atoms with Crippen LogP contribution >= 0.6 is 0 Å². The molecule has 0 unspecified atom stereocenters. The van der Waals surface area contributed by atoms with Crippen molar-refractivity contribution in [1.82, 2.24) is 4.98 Å². The van der Waals surface area contributed by atoms with Crippen LogP contribution in [0, 0.1) is 0 Å². The lowest BCUT2D eigenvalue weighted by molar-refractivity contribution is 0.865. The molecule has 1 aromatic carbocycles. The van der Waals surface area contributed by atoms with Crippen molar-refractivity contribution in [3.63, 3.8) is 0 Å².